The number of carbonyl (C=O) groups is 1. The van der Waals surface area contributed by atoms with Gasteiger partial charge in [-0.2, -0.15) is 5.10 Å². The van der Waals surface area contributed by atoms with E-state index in [0.29, 0.717) is 5.92 Å². The van der Waals surface area contributed by atoms with Crippen LogP contribution in [-0.2, 0) is 18.4 Å². The summed E-state index contributed by atoms with van der Waals surface area (Å²) in [7, 11) is 1.99. The Morgan fingerprint density at radius 1 is 1.45 bits per heavy atom. The monoisotopic (exact) mass is 305 g/mol. The minimum absolute atomic E-state index is 0.0362. The van der Waals surface area contributed by atoms with Crippen molar-refractivity contribution in [2.75, 3.05) is 26.2 Å². The zero-order chi connectivity index (χ0) is 15.4. The number of nitrogens with one attached hydrogen (secondary N) is 2. The van der Waals surface area contributed by atoms with Gasteiger partial charge >= 0.3 is 0 Å². The van der Waals surface area contributed by atoms with E-state index in [1.54, 1.807) is 0 Å². The molecular formula is C16H27N5O. The number of rotatable bonds is 5. The molecule has 0 saturated carbocycles. The third-order valence-corrected chi connectivity index (χ3v) is 4.85. The van der Waals surface area contributed by atoms with Crippen LogP contribution in [0.1, 0.15) is 31.4 Å². The first kappa shape index (κ1) is 15.5. The zero-order valence-corrected chi connectivity index (χ0v) is 13.4. The SMILES string of the molecule is Cn1nccc1CN1CCCC(CNC(=O)C2CCCN2)C1. The van der Waals surface area contributed by atoms with Gasteiger partial charge in [-0.05, 0) is 50.8 Å². The molecule has 122 valence electrons. The Morgan fingerprint density at radius 3 is 3.09 bits per heavy atom. The molecule has 1 aromatic rings. The quantitative estimate of drug-likeness (QED) is 0.832. The predicted octanol–water partition coefficient (Wildman–Crippen LogP) is 0.500. The van der Waals surface area contributed by atoms with Crippen molar-refractivity contribution in [1.29, 1.82) is 0 Å². The van der Waals surface area contributed by atoms with Gasteiger partial charge in [0.2, 0.25) is 5.91 Å². The Bertz CT molecular complexity index is 494. The Labute approximate surface area is 132 Å². The van der Waals surface area contributed by atoms with Gasteiger partial charge in [0.25, 0.3) is 0 Å². The summed E-state index contributed by atoms with van der Waals surface area (Å²) in [6.07, 6.45) is 6.36. The Balaban J connectivity index is 1.44. The number of likely N-dealkylation sites (tertiary alicyclic amines) is 1. The Hall–Kier alpha value is -1.40. The number of amides is 1. The molecule has 1 amide bonds. The highest BCUT2D eigenvalue weighted by molar-refractivity contribution is 5.81. The van der Waals surface area contributed by atoms with Crippen LogP contribution in [0.25, 0.3) is 0 Å². The van der Waals surface area contributed by atoms with E-state index in [0.717, 1.165) is 45.6 Å². The third-order valence-electron chi connectivity index (χ3n) is 4.85. The molecule has 3 heterocycles. The number of aryl methyl sites for hydroxylation is 1. The molecule has 2 saturated heterocycles. The molecule has 2 aliphatic heterocycles. The second-order valence-corrected chi connectivity index (χ2v) is 6.58. The summed E-state index contributed by atoms with van der Waals surface area (Å²) in [6.45, 7) is 4.92. The van der Waals surface area contributed by atoms with Gasteiger partial charge < -0.3 is 10.6 Å². The summed E-state index contributed by atoms with van der Waals surface area (Å²) in [5.74, 6) is 0.744. The second kappa shape index (κ2) is 7.24. The molecule has 1 aromatic heterocycles. The molecule has 3 rings (SSSR count). The highest BCUT2D eigenvalue weighted by Gasteiger charge is 2.24. The molecule has 2 atom stereocenters. The molecule has 2 aliphatic rings. The lowest BCUT2D eigenvalue weighted by Crippen LogP contribution is -2.45. The van der Waals surface area contributed by atoms with E-state index in [1.165, 1.54) is 18.5 Å². The number of nitrogens with zero attached hydrogens (tertiary/aromatic N) is 3. The van der Waals surface area contributed by atoms with Crippen LogP contribution in [-0.4, -0.2) is 52.8 Å². The third kappa shape index (κ3) is 3.87. The largest absolute Gasteiger partial charge is 0.354 e. The summed E-state index contributed by atoms with van der Waals surface area (Å²) in [6, 6.07) is 2.12. The van der Waals surface area contributed by atoms with Crippen LogP contribution in [0.3, 0.4) is 0 Å². The number of aromatic nitrogens is 2. The molecule has 6 heteroatoms. The van der Waals surface area contributed by atoms with E-state index in [9.17, 15) is 4.79 Å². The lowest BCUT2D eigenvalue weighted by atomic mass is 9.97. The Morgan fingerprint density at radius 2 is 2.36 bits per heavy atom. The van der Waals surface area contributed by atoms with Crippen molar-refractivity contribution in [3.8, 4) is 0 Å². The van der Waals surface area contributed by atoms with Crippen LogP contribution < -0.4 is 10.6 Å². The van der Waals surface area contributed by atoms with Crippen LogP contribution in [0.5, 0.6) is 0 Å². The molecule has 22 heavy (non-hydrogen) atoms. The van der Waals surface area contributed by atoms with E-state index in [-0.39, 0.29) is 11.9 Å². The average molecular weight is 305 g/mol. The normalized spacial score (nSPS) is 26.2. The first-order chi connectivity index (χ1) is 10.7. The highest BCUT2D eigenvalue weighted by Crippen LogP contribution is 2.18. The van der Waals surface area contributed by atoms with E-state index in [4.69, 9.17) is 0 Å². The number of piperidine rings is 1. The van der Waals surface area contributed by atoms with Crippen molar-refractivity contribution < 1.29 is 4.79 Å². The zero-order valence-electron chi connectivity index (χ0n) is 13.4. The van der Waals surface area contributed by atoms with Crippen molar-refractivity contribution in [1.82, 2.24) is 25.3 Å². The van der Waals surface area contributed by atoms with Crippen molar-refractivity contribution in [2.24, 2.45) is 13.0 Å². The van der Waals surface area contributed by atoms with Gasteiger partial charge in [0.05, 0.1) is 11.7 Å². The smallest absolute Gasteiger partial charge is 0.237 e. The highest BCUT2D eigenvalue weighted by atomic mass is 16.2. The van der Waals surface area contributed by atoms with E-state index >= 15 is 0 Å². The second-order valence-electron chi connectivity index (χ2n) is 6.58. The molecule has 2 fully saturated rings. The maximum absolute atomic E-state index is 12.1. The molecule has 2 unspecified atom stereocenters. The maximum Gasteiger partial charge on any atom is 0.237 e. The number of hydrogen-bond acceptors (Lipinski definition) is 4. The van der Waals surface area contributed by atoms with Crippen molar-refractivity contribution in [3.05, 3.63) is 18.0 Å². The van der Waals surface area contributed by atoms with Crippen LogP contribution in [0.15, 0.2) is 12.3 Å². The minimum atomic E-state index is 0.0362. The average Bonchev–Trinajstić information content (AvgIpc) is 3.18. The molecule has 6 nitrogen and oxygen atoms in total. The first-order valence-corrected chi connectivity index (χ1v) is 8.42. The van der Waals surface area contributed by atoms with Gasteiger partial charge in [0.15, 0.2) is 0 Å². The van der Waals surface area contributed by atoms with Crippen LogP contribution >= 0.6 is 0 Å². The molecular weight excluding hydrogens is 278 g/mol. The number of hydrogen-bond donors (Lipinski definition) is 2. The predicted molar refractivity (Wildman–Crippen MR) is 85.2 cm³/mol. The molecule has 0 aliphatic carbocycles. The van der Waals surface area contributed by atoms with E-state index in [2.05, 4.69) is 26.7 Å². The fraction of sp³-hybridized carbons (Fsp3) is 0.750. The summed E-state index contributed by atoms with van der Waals surface area (Å²) in [5, 5.41) is 10.6. The summed E-state index contributed by atoms with van der Waals surface area (Å²) in [4.78, 5) is 14.5. The van der Waals surface area contributed by atoms with Crippen LogP contribution in [0.4, 0.5) is 0 Å². The molecule has 0 aromatic carbocycles. The number of carbonyl (C=O) groups excluding carboxylic acids is 1. The van der Waals surface area contributed by atoms with Crippen molar-refractivity contribution >= 4 is 5.91 Å². The summed E-state index contributed by atoms with van der Waals surface area (Å²) >= 11 is 0. The lowest BCUT2D eigenvalue weighted by molar-refractivity contribution is -0.123. The molecule has 2 N–H and O–H groups in total. The Kier molecular flexibility index (Phi) is 5.10. The lowest BCUT2D eigenvalue weighted by Gasteiger charge is -2.32. The van der Waals surface area contributed by atoms with E-state index < -0.39 is 0 Å². The molecule has 0 radical (unpaired) electrons. The van der Waals surface area contributed by atoms with Gasteiger partial charge in [-0.15, -0.1) is 0 Å². The molecule has 0 spiro atoms. The topological polar surface area (TPSA) is 62.2 Å². The maximum atomic E-state index is 12.1. The van der Waals surface area contributed by atoms with Gasteiger partial charge in [0, 0.05) is 32.9 Å². The van der Waals surface area contributed by atoms with Crippen molar-refractivity contribution in [2.45, 2.75) is 38.3 Å². The summed E-state index contributed by atoms with van der Waals surface area (Å²) < 4.78 is 1.94. The van der Waals surface area contributed by atoms with E-state index in [1.807, 2.05) is 17.9 Å². The standard InChI is InChI=1S/C16H27N5O/c1-20-14(6-8-19-20)12-21-9-3-4-13(11-21)10-18-16(22)15-5-2-7-17-15/h6,8,13,15,17H,2-5,7,9-12H2,1H3,(H,18,22). The van der Waals surface area contributed by atoms with Crippen LogP contribution in [0.2, 0.25) is 0 Å². The van der Waals surface area contributed by atoms with Crippen LogP contribution in [0, 0.1) is 5.92 Å². The van der Waals surface area contributed by atoms with Gasteiger partial charge in [-0.1, -0.05) is 0 Å². The van der Waals surface area contributed by atoms with Gasteiger partial charge in [-0.25, -0.2) is 0 Å². The summed E-state index contributed by atoms with van der Waals surface area (Å²) in [5.41, 5.74) is 1.25. The first-order valence-electron chi connectivity index (χ1n) is 8.42. The van der Waals surface area contributed by atoms with Gasteiger partial charge in [0.1, 0.15) is 0 Å². The van der Waals surface area contributed by atoms with Crippen molar-refractivity contribution in [3.63, 3.8) is 0 Å². The van der Waals surface area contributed by atoms with Gasteiger partial charge in [-0.3, -0.25) is 14.4 Å². The molecule has 0 bridgehead atoms. The fourth-order valence-corrected chi connectivity index (χ4v) is 3.52. The fourth-order valence-electron chi connectivity index (χ4n) is 3.52. The minimum Gasteiger partial charge on any atom is -0.354 e.